The number of anilines is 1. The number of urea groups is 1. The van der Waals surface area contributed by atoms with Gasteiger partial charge in [-0.25, -0.2) is 4.79 Å². The predicted octanol–water partition coefficient (Wildman–Crippen LogP) is 4.16. The quantitative estimate of drug-likeness (QED) is 0.888. The summed E-state index contributed by atoms with van der Waals surface area (Å²) < 4.78 is 10.8. The average molecular weight is 353 g/mol. The van der Waals surface area contributed by atoms with Crippen molar-refractivity contribution in [2.24, 2.45) is 5.41 Å². The van der Waals surface area contributed by atoms with E-state index in [0.29, 0.717) is 16.5 Å². The molecule has 1 saturated heterocycles. The molecule has 0 radical (unpaired) electrons. The zero-order valence-electron chi connectivity index (χ0n) is 14.3. The van der Waals surface area contributed by atoms with E-state index in [1.54, 1.807) is 32.4 Å². The van der Waals surface area contributed by atoms with E-state index in [1.165, 1.54) is 6.42 Å². The maximum atomic E-state index is 12.7. The van der Waals surface area contributed by atoms with Crippen molar-refractivity contribution in [2.75, 3.05) is 32.6 Å². The summed E-state index contributed by atoms with van der Waals surface area (Å²) in [6.07, 6.45) is 5.86. The Morgan fingerprint density at radius 1 is 1.33 bits per heavy atom. The fourth-order valence-corrected chi connectivity index (χ4v) is 4.48. The first-order valence-electron chi connectivity index (χ1n) is 8.50. The van der Waals surface area contributed by atoms with Gasteiger partial charge in [-0.1, -0.05) is 18.0 Å². The zero-order chi connectivity index (χ0) is 17.2. The largest absolute Gasteiger partial charge is 0.495 e. The van der Waals surface area contributed by atoms with Gasteiger partial charge >= 0.3 is 6.03 Å². The lowest BCUT2D eigenvalue weighted by molar-refractivity contribution is -0.0244. The minimum absolute atomic E-state index is 0.0722. The van der Waals surface area contributed by atoms with Crippen molar-refractivity contribution >= 4 is 23.3 Å². The Morgan fingerprint density at radius 2 is 2.12 bits per heavy atom. The van der Waals surface area contributed by atoms with E-state index in [9.17, 15) is 4.79 Å². The highest BCUT2D eigenvalue weighted by atomic mass is 35.5. The first-order valence-corrected chi connectivity index (χ1v) is 8.88. The van der Waals surface area contributed by atoms with E-state index in [2.05, 4.69) is 5.32 Å². The number of nitrogens with one attached hydrogen (secondary N) is 1. The van der Waals surface area contributed by atoms with Crippen molar-refractivity contribution in [3.8, 4) is 5.75 Å². The Labute approximate surface area is 148 Å². The number of rotatable bonds is 3. The van der Waals surface area contributed by atoms with Gasteiger partial charge in [0.1, 0.15) is 5.75 Å². The second kappa shape index (κ2) is 7.19. The molecule has 1 saturated carbocycles. The van der Waals surface area contributed by atoms with Crippen LogP contribution in [0.3, 0.4) is 0 Å². The molecule has 3 rings (SSSR count). The lowest BCUT2D eigenvalue weighted by Gasteiger charge is -2.43. The van der Waals surface area contributed by atoms with Gasteiger partial charge in [-0.05, 0) is 43.9 Å². The number of likely N-dealkylation sites (tertiary alicyclic amines) is 1. The molecule has 1 heterocycles. The van der Waals surface area contributed by atoms with E-state index in [4.69, 9.17) is 21.1 Å². The van der Waals surface area contributed by atoms with Gasteiger partial charge in [-0.15, -0.1) is 0 Å². The van der Waals surface area contributed by atoms with Crippen LogP contribution in [-0.2, 0) is 4.74 Å². The number of carbonyl (C=O) groups is 1. The van der Waals surface area contributed by atoms with E-state index < -0.39 is 0 Å². The van der Waals surface area contributed by atoms with Gasteiger partial charge in [0.2, 0.25) is 0 Å². The van der Waals surface area contributed by atoms with Gasteiger partial charge in [0.15, 0.2) is 0 Å². The molecule has 2 atom stereocenters. The minimum atomic E-state index is -0.0722. The monoisotopic (exact) mass is 352 g/mol. The molecule has 1 aromatic carbocycles. The van der Waals surface area contributed by atoms with Crippen molar-refractivity contribution < 1.29 is 14.3 Å². The van der Waals surface area contributed by atoms with Crippen LogP contribution >= 0.6 is 11.6 Å². The summed E-state index contributed by atoms with van der Waals surface area (Å²) >= 11 is 6.13. The highest BCUT2D eigenvalue weighted by Crippen LogP contribution is 2.46. The van der Waals surface area contributed by atoms with Crippen LogP contribution in [0, 0.1) is 5.41 Å². The number of nitrogens with zero attached hydrogens (tertiary/aromatic N) is 1. The molecule has 1 aliphatic carbocycles. The third-order valence-electron chi connectivity index (χ3n) is 5.41. The lowest BCUT2D eigenvalue weighted by Crippen LogP contribution is -2.51. The maximum Gasteiger partial charge on any atom is 0.321 e. The highest BCUT2D eigenvalue weighted by molar-refractivity contribution is 6.32. The molecule has 1 spiro atoms. The average Bonchev–Trinajstić information content (AvgIpc) is 2.96. The molecule has 5 nitrogen and oxygen atoms in total. The van der Waals surface area contributed by atoms with Crippen LogP contribution in [0.15, 0.2) is 18.2 Å². The molecule has 1 aliphatic heterocycles. The van der Waals surface area contributed by atoms with Crippen LogP contribution in [0.4, 0.5) is 10.5 Å². The fraction of sp³-hybridized carbons (Fsp3) is 0.611. The lowest BCUT2D eigenvalue weighted by atomic mass is 9.76. The summed E-state index contributed by atoms with van der Waals surface area (Å²) in [5.41, 5.74) is 0.808. The Balaban J connectivity index is 1.67. The Bertz CT molecular complexity index is 610. The van der Waals surface area contributed by atoms with Crippen LogP contribution in [-0.4, -0.2) is 44.3 Å². The SMILES string of the molecule is COc1ccc(NC(=O)N2CCC[C@]3(CCC[C@H]3OC)C2)cc1Cl. The van der Waals surface area contributed by atoms with Crippen LogP contribution in [0.5, 0.6) is 5.75 Å². The summed E-state index contributed by atoms with van der Waals surface area (Å²) in [5.74, 6) is 0.598. The molecule has 1 N–H and O–H groups in total. The second-order valence-electron chi connectivity index (χ2n) is 6.78. The molecule has 0 bridgehead atoms. The van der Waals surface area contributed by atoms with Crippen molar-refractivity contribution in [2.45, 2.75) is 38.2 Å². The minimum Gasteiger partial charge on any atom is -0.495 e. The topological polar surface area (TPSA) is 50.8 Å². The van der Waals surface area contributed by atoms with Gasteiger partial charge < -0.3 is 19.7 Å². The summed E-state index contributed by atoms with van der Waals surface area (Å²) in [5, 5.41) is 3.44. The number of benzene rings is 1. The molecule has 6 heteroatoms. The molecule has 132 valence electrons. The number of ether oxygens (including phenoxy) is 2. The number of amides is 2. The van der Waals surface area contributed by atoms with Crippen molar-refractivity contribution in [3.63, 3.8) is 0 Å². The Morgan fingerprint density at radius 3 is 2.83 bits per heavy atom. The number of hydrogen-bond donors (Lipinski definition) is 1. The van der Waals surface area contributed by atoms with Crippen molar-refractivity contribution in [1.82, 2.24) is 4.90 Å². The first kappa shape index (κ1) is 17.4. The molecule has 2 fully saturated rings. The molecule has 0 unspecified atom stereocenters. The molecule has 1 aromatic rings. The zero-order valence-corrected chi connectivity index (χ0v) is 15.1. The number of hydrogen-bond acceptors (Lipinski definition) is 3. The molecule has 2 amide bonds. The summed E-state index contributed by atoms with van der Waals surface area (Å²) in [6, 6.07) is 5.20. The molecular formula is C18H25ClN2O3. The predicted molar refractivity (Wildman–Crippen MR) is 94.9 cm³/mol. The summed E-state index contributed by atoms with van der Waals surface area (Å²) in [4.78, 5) is 14.6. The van der Waals surface area contributed by atoms with Gasteiger partial charge in [0.25, 0.3) is 0 Å². The van der Waals surface area contributed by atoms with Gasteiger partial charge in [-0.3, -0.25) is 0 Å². The summed E-state index contributed by atoms with van der Waals surface area (Å²) in [7, 11) is 3.36. The van der Waals surface area contributed by atoms with Crippen molar-refractivity contribution in [1.29, 1.82) is 0 Å². The number of carbonyl (C=O) groups excluding carboxylic acids is 1. The number of piperidine rings is 1. The molecular weight excluding hydrogens is 328 g/mol. The number of halogens is 1. The molecule has 24 heavy (non-hydrogen) atoms. The van der Waals surface area contributed by atoms with E-state index in [0.717, 1.165) is 38.8 Å². The molecule has 0 aromatic heterocycles. The standard InChI is InChI=1S/C18H25ClN2O3/c1-23-15-7-6-13(11-14(15)19)20-17(22)21-10-4-9-18(12-21)8-3-5-16(18)24-2/h6-7,11,16H,3-5,8-10,12H2,1-2H3,(H,20,22)/t16-,18-/m1/s1. The van der Waals surface area contributed by atoms with Crippen LogP contribution in [0.25, 0.3) is 0 Å². The van der Waals surface area contributed by atoms with Gasteiger partial charge in [-0.2, -0.15) is 0 Å². The first-order chi connectivity index (χ1) is 11.6. The number of methoxy groups -OCH3 is 2. The van der Waals surface area contributed by atoms with Crippen LogP contribution in [0.2, 0.25) is 5.02 Å². The van der Waals surface area contributed by atoms with Crippen LogP contribution < -0.4 is 10.1 Å². The van der Waals surface area contributed by atoms with Gasteiger partial charge in [0, 0.05) is 31.3 Å². The second-order valence-corrected chi connectivity index (χ2v) is 7.19. The smallest absolute Gasteiger partial charge is 0.321 e. The maximum absolute atomic E-state index is 12.7. The van der Waals surface area contributed by atoms with Crippen LogP contribution in [0.1, 0.15) is 32.1 Å². The fourth-order valence-electron chi connectivity index (χ4n) is 4.22. The van der Waals surface area contributed by atoms with Gasteiger partial charge in [0.05, 0.1) is 18.2 Å². The van der Waals surface area contributed by atoms with E-state index >= 15 is 0 Å². The third kappa shape index (κ3) is 3.33. The Hall–Kier alpha value is -1.46. The van der Waals surface area contributed by atoms with E-state index in [1.807, 2.05) is 4.90 Å². The third-order valence-corrected chi connectivity index (χ3v) is 5.70. The Kier molecular flexibility index (Phi) is 5.21. The highest BCUT2D eigenvalue weighted by Gasteiger charge is 2.46. The summed E-state index contributed by atoms with van der Waals surface area (Å²) in [6.45, 7) is 1.55. The molecule has 2 aliphatic rings. The van der Waals surface area contributed by atoms with Crippen molar-refractivity contribution in [3.05, 3.63) is 23.2 Å². The van der Waals surface area contributed by atoms with E-state index in [-0.39, 0.29) is 17.6 Å². The normalized spacial score (nSPS) is 26.6.